The summed E-state index contributed by atoms with van der Waals surface area (Å²) in [7, 11) is 0. The van der Waals surface area contributed by atoms with Crippen molar-refractivity contribution in [3.05, 3.63) is 50.7 Å². The van der Waals surface area contributed by atoms with Crippen molar-refractivity contribution in [2.24, 2.45) is 0 Å². The van der Waals surface area contributed by atoms with Gasteiger partial charge in [0.15, 0.2) is 0 Å². The summed E-state index contributed by atoms with van der Waals surface area (Å²) in [6.45, 7) is 4.19. The Bertz CT molecular complexity index is 598. The molecule has 1 aromatic heterocycles. The van der Waals surface area contributed by atoms with Gasteiger partial charge in [0.25, 0.3) is 0 Å². The zero-order valence-electron chi connectivity index (χ0n) is 10.2. The average Bonchev–Trinajstić information content (AvgIpc) is 2.78. The summed E-state index contributed by atoms with van der Waals surface area (Å²) in [5.41, 5.74) is 2.68. The Balaban J connectivity index is 2.24. The van der Waals surface area contributed by atoms with Crippen LogP contribution in [0.5, 0.6) is 0 Å². The van der Waals surface area contributed by atoms with Gasteiger partial charge in [-0.1, -0.05) is 11.6 Å². The molecule has 0 saturated heterocycles. The van der Waals surface area contributed by atoms with Crippen molar-refractivity contribution in [1.29, 1.82) is 5.26 Å². The first kappa shape index (κ1) is 12.9. The highest BCUT2D eigenvalue weighted by molar-refractivity contribution is 7.10. The molecule has 1 N–H and O–H groups in total. The van der Waals surface area contributed by atoms with Crippen LogP contribution in [0.1, 0.15) is 29.0 Å². The largest absolute Gasteiger partial charge is 0.376 e. The molecule has 1 aromatic carbocycles. The number of hydrogen-bond donors (Lipinski definition) is 1. The lowest BCUT2D eigenvalue weighted by molar-refractivity contribution is 0.899. The second-order valence-corrected chi connectivity index (χ2v) is 5.50. The minimum atomic E-state index is 0.177. The highest BCUT2D eigenvalue weighted by atomic mass is 35.5. The van der Waals surface area contributed by atoms with Crippen LogP contribution in [0.3, 0.4) is 0 Å². The number of hydrogen-bond acceptors (Lipinski definition) is 3. The fourth-order valence-corrected chi connectivity index (χ4v) is 2.94. The monoisotopic (exact) mass is 276 g/mol. The molecule has 0 bridgehead atoms. The normalized spacial score (nSPS) is 11.9. The number of thiophene rings is 1. The Hall–Kier alpha value is -1.50. The van der Waals surface area contributed by atoms with Crippen LogP contribution in [0.25, 0.3) is 0 Å². The van der Waals surface area contributed by atoms with Crippen molar-refractivity contribution in [3.63, 3.8) is 0 Å². The third-order valence-corrected chi connectivity index (χ3v) is 4.29. The van der Waals surface area contributed by atoms with E-state index < -0.39 is 0 Å². The van der Waals surface area contributed by atoms with Gasteiger partial charge >= 0.3 is 0 Å². The van der Waals surface area contributed by atoms with Gasteiger partial charge in [0, 0.05) is 4.88 Å². The summed E-state index contributed by atoms with van der Waals surface area (Å²) in [6, 6.07) is 9.64. The Morgan fingerprint density at radius 1 is 1.39 bits per heavy atom. The molecule has 18 heavy (non-hydrogen) atoms. The molecule has 0 amide bonds. The zero-order valence-corrected chi connectivity index (χ0v) is 11.8. The van der Waals surface area contributed by atoms with Crippen molar-refractivity contribution >= 4 is 28.6 Å². The van der Waals surface area contributed by atoms with Gasteiger partial charge in [-0.15, -0.1) is 11.3 Å². The van der Waals surface area contributed by atoms with Gasteiger partial charge in [0.05, 0.1) is 28.4 Å². The van der Waals surface area contributed by atoms with E-state index in [9.17, 15) is 0 Å². The lowest BCUT2D eigenvalue weighted by Crippen LogP contribution is -2.06. The molecule has 0 radical (unpaired) electrons. The molecule has 0 aliphatic rings. The Morgan fingerprint density at radius 2 is 2.17 bits per heavy atom. The highest BCUT2D eigenvalue weighted by Gasteiger charge is 2.11. The number of rotatable bonds is 3. The van der Waals surface area contributed by atoms with Gasteiger partial charge in [-0.3, -0.25) is 0 Å². The minimum absolute atomic E-state index is 0.177. The second kappa shape index (κ2) is 5.43. The van der Waals surface area contributed by atoms with E-state index in [1.807, 2.05) is 0 Å². The van der Waals surface area contributed by atoms with Crippen LogP contribution in [0.2, 0.25) is 5.02 Å². The summed E-state index contributed by atoms with van der Waals surface area (Å²) >= 11 is 7.85. The van der Waals surface area contributed by atoms with E-state index in [0.717, 1.165) is 5.69 Å². The molecular formula is C14H13ClN2S. The van der Waals surface area contributed by atoms with Gasteiger partial charge < -0.3 is 5.32 Å². The molecule has 0 saturated carbocycles. The third kappa shape index (κ3) is 2.66. The number of halogens is 1. The molecule has 1 atom stereocenters. The molecule has 0 aliphatic heterocycles. The fraction of sp³-hybridized carbons (Fsp3) is 0.214. The van der Waals surface area contributed by atoms with Crippen molar-refractivity contribution in [3.8, 4) is 6.07 Å². The molecule has 2 aromatic rings. The van der Waals surface area contributed by atoms with Gasteiger partial charge in [-0.25, -0.2) is 0 Å². The van der Waals surface area contributed by atoms with Crippen LogP contribution in [-0.2, 0) is 0 Å². The molecule has 1 heterocycles. The number of benzene rings is 1. The summed E-state index contributed by atoms with van der Waals surface area (Å²) in [6.07, 6.45) is 0. The van der Waals surface area contributed by atoms with Crippen molar-refractivity contribution in [1.82, 2.24) is 0 Å². The Kier molecular flexibility index (Phi) is 3.90. The van der Waals surface area contributed by atoms with E-state index in [1.165, 1.54) is 10.4 Å². The van der Waals surface area contributed by atoms with Crippen molar-refractivity contribution in [2.75, 3.05) is 5.32 Å². The first-order valence-corrected chi connectivity index (χ1v) is 6.87. The van der Waals surface area contributed by atoms with Crippen LogP contribution >= 0.6 is 22.9 Å². The lowest BCUT2D eigenvalue weighted by Gasteiger charge is -2.16. The number of nitrogens with zero attached hydrogens (tertiary/aromatic N) is 1. The topological polar surface area (TPSA) is 35.8 Å². The van der Waals surface area contributed by atoms with Crippen LogP contribution < -0.4 is 5.32 Å². The maximum atomic E-state index is 8.90. The molecular weight excluding hydrogens is 264 g/mol. The smallest absolute Gasteiger partial charge is 0.0992 e. The number of anilines is 1. The summed E-state index contributed by atoms with van der Waals surface area (Å²) in [5.74, 6) is 0. The molecule has 4 heteroatoms. The van der Waals surface area contributed by atoms with Gasteiger partial charge in [-0.2, -0.15) is 5.26 Å². The average molecular weight is 277 g/mol. The second-order valence-electron chi connectivity index (χ2n) is 4.14. The Labute approximate surface area is 116 Å². The van der Waals surface area contributed by atoms with Crippen LogP contribution in [0.15, 0.2) is 29.6 Å². The quantitative estimate of drug-likeness (QED) is 0.878. The number of nitrogens with one attached hydrogen (secondary N) is 1. The first-order valence-electron chi connectivity index (χ1n) is 5.62. The standard InChI is InChI=1S/C14H13ClN2S/c1-9-5-6-18-14(9)10(2)17-13-7-11(8-16)3-4-12(13)15/h3-7,10,17H,1-2H3. The lowest BCUT2D eigenvalue weighted by atomic mass is 10.1. The predicted molar refractivity (Wildman–Crippen MR) is 77.3 cm³/mol. The van der Waals surface area contributed by atoms with Gasteiger partial charge in [0.1, 0.15) is 0 Å². The highest BCUT2D eigenvalue weighted by Crippen LogP contribution is 2.30. The number of aryl methyl sites for hydroxylation is 1. The molecule has 0 fully saturated rings. The van der Waals surface area contributed by atoms with Gasteiger partial charge in [-0.05, 0) is 49.1 Å². The first-order chi connectivity index (χ1) is 8.61. The van der Waals surface area contributed by atoms with Crippen molar-refractivity contribution < 1.29 is 0 Å². The van der Waals surface area contributed by atoms with E-state index in [0.29, 0.717) is 10.6 Å². The zero-order chi connectivity index (χ0) is 13.1. The van der Waals surface area contributed by atoms with E-state index >= 15 is 0 Å². The van der Waals surface area contributed by atoms with E-state index in [-0.39, 0.29) is 6.04 Å². The molecule has 2 nitrogen and oxygen atoms in total. The SMILES string of the molecule is Cc1ccsc1C(C)Nc1cc(C#N)ccc1Cl. The molecule has 0 spiro atoms. The summed E-state index contributed by atoms with van der Waals surface area (Å²) in [4.78, 5) is 1.29. The Morgan fingerprint density at radius 3 is 2.78 bits per heavy atom. The molecule has 0 aliphatic carbocycles. The van der Waals surface area contributed by atoms with Crippen LogP contribution in [0.4, 0.5) is 5.69 Å². The fourth-order valence-electron chi connectivity index (χ4n) is 1.83. The molecule has 1 unspecified atom stereocenters. The summed E-state index contributed by atoms with van der Waals surface area (Å²) < 4.78 is 0. The third-order valence-electron chi connectivity index (χ3n) is 2.76. The number of nitriles is 1. The van der Waals surface area contributed by atoms with Crippen LogP contribution in [-0.4, -0.2) is 0 Å². The van der Waals surface area contributed by atoms with Crippen LogP contribution in [0, 0.1) is 18.3 Å². The van der Waals surface area contributed by atoms with E-state index in [1.54, 1.807) is 29.5 Å². The van der Waals surface area contributed by atoms with E-state index in [4.69, 9.17) is 16.9 Å². The van der Waals surface area contributed by atoms with Crippen molar-refractivity contribution in [2.45, 2.75) is 19.9 Å². The molecule has 2 rings (SSSR count). The summed E-state index contributed by atoms with van der Waals surface area (Å²) in [5, 5.41) is 15.0. The van der Waals surface area contributed by atoms with E-state index in [2.05, 4.69) is 36.7 Å². The maximum Gasteiger partial charge on any atom is 0.0992 e. The molecule has 92 valence electrons. The predicted octanol–water partition coefficient (Wildman–Crippen LogP) is 4.75. The minimum Gasteiger partial charge on any atom is -0.376 e. The van der Waals surface area contributed by atoms with Gasteiger partial charge in [0.2, 0.25) is 0 Å². The maximum absolute atomic E-state index is 8.90.